The van der Waals surface area contributed by atoms with Gasteiger partial charge in [-0.1, -0.05) is 12.1 Å². The number of fused-ring (bicyclic) bond motifs is 1. The first-order valence-corrected chi connectivity index (χ1v) is 8.03. The van der Waals surface area contributed by atoms with Crippen molar-refractivity contribution < 1.29 is 18.7 Å². The van der Waals surface area contributed by atoms with Gasteiger partial charge in [-0.15, -0.1) is 0 Å². The lowest BCUT2D eigenvalue weighted by Crippen LogP contribution is -2.27. The number of carbonyl (C=O) groups is 2. The summed E-state index contributed by atoms with van der Waals surface area (Å²) in [6, 6.07) is 11.3. The van der Waals surface area contributed by atoms with Crippen LogP contribution >= 0.6 is 0 Å². The maximum atomic E-state index is 13.0. The summed E-state index contributed by atoms with van der Waals surface area (Å²) < 4.78 is 17.9. The first-order valence-electron chi connectivity index (χ1n) is 8.03. The number of benzene rings is 2. The summed E-state index contributed by atoms with van der Waals surface area (Å²) in [5, 5.41) is 2.76. The van der Waals surface area contributed by atoms with E-state index in [2.05, 4.69) is 5.32 Å². The molecule has 0 saturated heterocycles. The molecule has 1 aliphatic rings. The van der Waals surface area contributed by atoms with Gasteiger partial charge in [-0.05, 0) is 41.5 Å². The van der Waals surface area contributed by atoms with E-state index in [-0.39, 0.29) is 24.1 Å². The predicted octanol–water partition coefficient (Wildman–Crippen LogP) is 2.29. The number of halogens is 1. The van der Waals surface area contributed by atoms with Gasteiger partial charge in [0.05, 0.1) is 19.6 Å². The summed E-state index contributed by atoms with van der Waals surface area (Å²) in [5.74, 6) is -0.526. The smallest absolute Gasteiger partial charge is 0.251 e. The molecule has 0 fully saturated rings. The van der Waals surface area contributed by atoms with Crippen LogP contribution in [0.25, 0.3) is 0 Å². The molecule has 2 aromatic rings. The molecular formula is C19H19FN2O3. The Balaban J connectivity index is 1.75. The van der Waals surface area contributed by atoms with Crippen LogP contribution < -0.4 is 10.2 Å². The van der Waals surface area contributed by atoms with Crippen molar-refractivity contribution in [1.29, 1.82) is 0 Å². The van der Waals surface area contributed by atoms with Crippen molar-refractivity contribution in [2.75, 3.05) is 25.2 Å². The number of hydrogen-bond acceptors (Lipinski definition) is 3. The summed E-state index contributed by atoms with van der Waals surface area (Å²) in [7, 11) is 1.57. The van der Waals surface area contributed by atoms with Crippen LogP contribution in [0.4, 0.5) is 10.1 Å². The molecule has 5 nitrogen and oxygen atoms in total. The molecule has 1 heterocycles. The highest BCUT2D eigenvalue weighted by molar-refractivity contribution is 6.03. The van der Waals surface area contributed by atoms with Crippen LogP contribution in [0.15, 0.2) is 42.5 Å². The topological polar surface area (TPSA) is 58.6 Å². The van der Waals surface area contributed by atoms with Crippen LogP contribution in [-0.2, 0) is 22.5 Å². The number of anilines is 1. The van der Waals surface area contributed by atoms with Gasteiger partial charge < -0.3 is 15.0 Å². The fraction of sp³-hybridized carbons (Fsp3) is 0.263. The van der Waals surface area contributed by atoms with E-state index in [1.54, 1.807) is 42.3 Å². The van der Waals surface area contributed by atoms with Crippen LogP contribution in [0.5, 0.6) is 0 Å². The van der Waals surface area contributed by atoms with Crippen LogP contribution in [0, 0.1) is 5.82 Å². The molecule has 1 N–H and O–H groups in total. The molecule has 3 rings (SSSR count). The molecule has 25 heavy (non-hydrogen) atoms. The summed E-state index contributed by atoms with van der Waals surface area (Å²) in [6.07, 6.45) is 0.260. The van der Waals surface area contributed by atoms with E-state index in [1.807, 2.05) is 0 Å². The third kappa shape index (κ3) is 3.85. The molecule has 0 aliphatic carbocycles. The number of hydrogen-bond donors (Lipinski definition) is 1. The van der Waals surface area contributed by atoms with Gasteiger partial charge >= 0.3 is 0 Å². The summed E-state index contributed by atoms with van der Waals surface area (Å²) in [5.41, 5.74) is 2.99. The van der Waals surface area contributed by atoms with E-state index in [4.69, 9.17) is 4.74 Å². The third-order valence-electron chi connectivity index (χ3n) is 4.12. The summed E-state index contributed by atoms with van der Waals surface area (Å²) >= 11 is 0. The molecule has 6 heteroatoms. The van der Waals surface area contributed by atoms with E-state index in [0.29, 0.717) is 25.3 Å². The van der Waals surface area contributed by atoms with Crippen molar-refractivity contribution in [3.63, 3.8) is 0 Å². The average Bonchev–Trinajstić information content (AvgIpc) is 2.91. The highest BCUT2D eigenvalue weighted by atomic mass is 19.1. The van der Waals surface area contributed by atoms with Gasteiger partial charge in [-0.2, -0.15) is 0 Å². The second kappa shape index (κ2) is 7.44. The second-order valence-electron chi connectivity index (χ2n) is 5.88. The van der Waals surface area contributed by atoms with Gasteiger partial charge in [0.2, 0.25) is 5.91 Å². The zero-order chi connectivity index (χ0) is 17.8. The Bertz CT molecular complexity index is 790. The number of nitrogens with zero attached hydrogens (tertiary/aromatic N) is 1. The lowest BCUT2D eigenvalue weighted by Gasteiger charge is -2.18. The van der Waals surface area contributed by atoms with E-state index in [9.17, 15) is 14.0 Å². The standard InChI is InChI=1S/C19H19FN2O3/c1-25-9-8-21-19(24)14-4-7-17-15(10-14)11-18(23)22(17)12-13-2-5-16(20)6-3-13/h2-7,10H,8-9,11-12H2,1H3,(H,21,24). The second-order valence-corrected chi connectivity index (χ2v) is 5.88. The van der Waals surface area contributed by atoms with Gasteiger partial charge in [0.1, 0.15) is 5.82 Å². The molecule has 0 radical (unpaired) electrons. The lowest BCUT2D eigenvalue weighted by molar-refractivity contribution is -0.117. The Hall–Kier alpha value is -2.73. The SMILES string of the molecule is COCCNC(=O)c1ccc2c(c1)CC(=O)N2Cc1ccc(F)cc1. The summed E-state index contributed by atoms with van der Waals surface area (Å²) in [6.45, 7) is 1.26. The number of rotatable bonds is 6. The zero-order valence-corrected chi connectivity index (χ0v) is 13.9. The molecule has 2 amide bonds. The first kappa shape index (κ1) is 17.1. The molecule has 0 atom stereocenters. The molecule has 0 spiro atoms. The largest absolute Gasteiger partial charge is 0.383 e. The van der Waals surface area contributed by atoms with Crippen LogP contribution in [-0.4, -0.2) is 32.1 Å². The van der Waals surface area contributed by atoms with Crippen molar-refractivity contribution >= 4 is 17.5 Å². The van der Waals surface area contributed by atoms with Crippen LogP contribution in [0.3, 0.4) is 0 Å². The molecule has 130 valence electrons. The number of nitrogens with one attached hydrogen (secondary N) is 1. The Morgan fingerprint density at radius 2 is 2.00 bits per heavy atom. The lowest BCUT2D eigenvalue weighted by atomic mass is 10.1. The highest BCUT2D eigenvalue weighted by Gasteiger charge is 2.28. The minimum atomic E-state index is -0.305. The minimum Gasteiger partial charge on any atom is -0.383 e. The fourth-order valence-electron chi connectivity index (χ4n) is 2.84. The monoisotopic (exact) mass is 342 g/mol. The van der Waals surface area contributed by atoms with Crippen molar-refractivity contribution in [2.24, 2.45) is 0 Å². The third-order valence-corrected chi connectivity index (χ3v) is 4.12. The maximum absolute atomic E-state index is 13.0. The van der Waals surface area contributed by atoms with Gasteiger partial charge in [0.25, 0.3) is 5.91 Å². The minimum absolute atomic E-state index is 0.0312. The van der Waals surface area contributed by atoms with Crippen molar-refractivity contribution in [3.8, 4) is 0 Å². The number of ether oxygens (including phenoxy) is 1. The van der Waals surface area contributed by atoms with E-state index >= 15 is 0 Å². The van der Waals surface area contributed by atoms with Gasteiger partial charge in [0.15, 0.2) is 0 Å². The molecule has 0 aromatic heterocycles. The zero-order valence-electron chi connectivity index (χ0n) is 13.9. The molecule has 1 aliphatic heterocycles. The van der Waals surface area contributed by atoms with Gasteiger partial charge in [-0.3, -0.25) is 9.59 Å². The van der Waals surface area contributed by atoms with Crippen molar-refractivity contribution in [1.82, 2.24) is 5.32 Å². The first-order chi connectivity index (χ1) is 12.1. The van der Waals surface area contributed by atoms with E-state index in [1.165, 1.54) is 12.1 Å². The molecular weight excluding hydrogens is 323 g/mol. The molecule has 0 unspecified atom stereocenters. The van der Waals surface area contributed by atoms with Crippen molar-refractivity contribution in [2.45, 2.75) is 13.0 Å². The Morgan fingerprint density at radius 3 is 2.72 bits per heavy atom. The molecule has 0 saturated carbocycles. The van der Waals surface area contributed by atoms with Crippen molar-refractivity contribution in [3.05, 3.63) is 65.0 Å². The highest BCUT2D eigenvalue weighted by Crippen LogP contribution is 2.31. The van der Waals surface area contributed by atoms with Crippen LogP contribution in [0.1, 0.15) is 21.5 Å². The Kier molecular flexibility index (Phi) is 5.09. The maximum Gasteiger partial charge on any atom is 0.251 e. The number of carbonyl (C=O) groups excluding carboxylic acids is 2. The van der Waals surface area contributed by atoms with E-state index in [0.717, 1.165) is 16.8 Å². The average molecular weight is 342 g/mol. The fourth-order valence-corrected chi connectivity index (χ4v) is 2.84. The number of amides is 2. The Labute approximate surface area is 145 Å². The Morgan fingerprint density at radius 1 is 1.24 bits per heavy atom. The molecule has 2 aromatic carbocycles. The quantitative estimate of drug-likeness (QED) is 0.820. The van der Waals surface area contributed by atoms with Gasteiger partial charge in [-0.25, -0.2) is 4.39 Å². The van der Waals surface area contributed by atoms with E-state index < -0.39 is 0 Å². The predicted molar refractivity (Wildman–Crippen MR) is 91.9 cm³/mol. The summed E-state index contributed by atoms with van der Waals surface area (Å²) in [4.78, 5) is 26.1. The molecule has 0 bridgehead atoms. The van der Waals surface area contributed by atoms with Crippen LogP contribution in [0.2, 0.25) is 0 Å². The number of methoxy groups -OCH3 is 1. The van der Waals surface area contributed by atoms with Gasteiger partial charge in [0, 0.05) is 24.9 Å². The normalized spacial score (nSPS) is 13.0.